The highest BCUT2D eigenvalue weighted by Gasteiger charge is 2.19. The van der Waals surface area contributed by atoms with Gasteiger partial charge in [-0.05, 0) is 43.8 Å². The standard InChI is InChI=1S/C16H24F2O2/c1-3-19-10-4-5-16(15(18)11-17)20-12-14-8-6-13(2)7-9-14/h4-5,10-11,13-14H,3,6-9,12H2,1-2H3/b10-4+,15-11-,16-5+. The summed E-state index contributed by atoms with van der Waals surface area (Å²) in [6.07, 6.45) is 8.77. The van der Waals surface area contributed by atoms with Crippen LogP contribution in [0.5, 0.6) is 0 Å². The van der Waals surface area contributed by atoms with Gasteiger partial charge < -0.3 is 9.47 Å². The Labute approximate surface area is 120 Å². The molecule has 0 aromatic carbocycles. The van der Waals surface area contributed by atoms with Gasteiger partial charge >= 0.3 is 0 Å². The maximum atomic E-state index is 13.3. The minimum absolute atomic E-state index is 0.0801. The van der Waals surface area contributed by atoms with Gasteiger partial charge in [-0.25, -0.2) is 8.78 Å². The summed E-state index contributed by atoms with van der Waals surface area (Å²) in [5.74, 6) is 0.119. The van der Waals surface area contributed by atoms with Crippen LogP contribution < -0.4 is 0 Å². The Morgan fingerprint density at radius 2 is 1.95 bits per heavy atom. The number of hydrogen-bond acceptors (Lipinski definition) is 2. The molecule has 0 bridgehead atoms. The van der Waals surface area contributed by atoms with Gasteiger partial charge in [0.2, 0.25) is 0 Å². The van der Waals surface area contributed by atoms with Gasteiger partial charge in [-0.1, -0.05) is 19.8 Å². The van der Waals surface area contributed by atoms with Gasteiger partial charge in [0, 0.05) is 0 Å². The van der Waals surface area contributed by atoms with Crippen molar-refractivity contribution in [3.63, 3.8) is 0 Å². The molecule has 0 N–H and O–H groups in total. The van der Waals surface area contributed by atoms with E-state index in [1.165, 1.54) is 31.3 Å². The first-order valence-electron chi connectivity index (χ1n) is 7.24. The second kappa shape index (κ2) is 9.56. The lowest BCUT2D eigenvalue weighted by Gasteiger charge is -2.26. The fraction of sp³-hybridized carbons (Fsp3) is 0.625. The second-order valence-electron chi connectivity index (χ2n) is 5.21. The normalized spacial score (nSPS) is 25.0. The zero-order valence-corrected chi connectivity index (χ0v) is 12.3. The third kappa shape index (κ3) is 6.22. The van der Waals surface area contributed by atoms with Crippen molar-refractivity contribution in [2.45, 2.75) is 39.5 Å². The summed E-state index contributed by atoms with van der Waals surface area (Å²) in [6.45, 7) is 5.05. The van der Waals surface area contributed by atoms with Crippen molar-refractivity contribution in [3.05, 3.63) is 36.3 Å². The molecule has 1 saturated carbocycles. The van der Waals surface area contributed by atoms with Crippen molar-refractivity contribution in [2.75, 3.05) is 13.2 Å². The molecule has 0 aliphatic heterocycles. The Morgan fingerprint density at radius 3 is 2.55 bits per heavy atom. The average Bonchev–Trinajstić information content (AvgIpc) is 2.47. The summed E-state index contributed by atoms with van der Waals surface area (Å²) in [5, 5.41) is 0. The zero-order chi connectivity index (χ0) is 14.8. The van der Waals surface area contributed by atoms with Crippen LogP contribution in [0.4, 0.5) is 8.78 Å². The third-order valence-electron chi connectivity index (χ3n) is 3.53. The molecule has 0 atom stereocenters. The minimum atomic E-state index is -0.990. The van der Waals surface area contributed by atoms with E-state index in [1.54, 1.807) is 0 Å². The predicted molar refractivity (Wildman–Crippen MR) is 76.2 cm³/mol. The van der Waals surface area contributed by atoms with Crippen molar-refractivity contribution in [1.29, 1.82) is 0 Å². The molecule has 20 heavy (non-hydrogen) atoms. The van der Waals surface area contributed by atoms with Crippen molar-refractivity contribution in [1.82, 2.24) is 0 Å². The third-order valence-corrected chi connectivity index (χ3v) is 3.53. The Hall–Kier alpha value is -1.32. The average molecular weight is 286 g/mol. The molecule has 0 amide bonds. The first-order valence-corrected chi connectivity index (χ1v) is 7.24. The van der Waals surface area contributed by atoms with E-state index in [2.05, 4.69) is 6.92 Å². The number of rotatable bonds is 7. The summed E-state index contributed by atoms with van der Waals surface area (Å²) in [7, 11) is 0. The highest BCUT2D eigenvalue weighted by molar-refractivity contribution is 5.22. The fourth-order valence-electron chi connectivity index (χ4n) is 2.23. The number of halogens is 2. The van der Waals surface area contributed by atoms with E-state index in [0.717, 1.165) is 18.8 Å². The molecule has 0 aromatic heterocycles. The first kappa shape index (κ1) is 16.7. The van der Waals surface area contributed by atoms with E-state index in [1.807, 2.05) is 6.92 Å². The Balaban J connectivity index is 2.48. The highest BCUT2D eigenvalue weighted by Crippen LogP contribution is 2.29. The molecule has 114 valence electrons. The van der Waals surface area contributed by atoms with Crippen LogP contribution in [0, 0.1) is 11.8 Å². The van der Waals surface area contributed by atoms with Crippen LogP contribution in [0.2, 0.25) is 0 Å². The molecule has 1 aliphatic carbocycles. The summed E-state index contributed by atoms with van der Waals surface area (Å²) < 4.78 is 36.1. The number of hydrogen-bond donors (Lipinski definition) is 0. The largest absolute Gasteiger partial charge is 0.501 e. The van der Waals surface area contributed by atoms with Gasteiger partial charge in [0.15, 0.2) is 11.6 Å². The quantitative estimate of drug-likeness (QED) is 0.482. The SMILES string of the molecule is CCO/C=C/C=C(OCC1CCC(C)CC1)\C(F)=C\F. The molecule has 0 aromatic rings. The van der Waals surface area contributed by atoms with E-state index >= 15 is 0 Å². The molecule has 0 saturated heterocycles. The lowest BCUT2D eigenvalue weighted by atomic mass is 9.83. The molecular weight excluding hydrogens is 262 g/mol. The Bertz CT molecular complexity index is 353. The molecule has 1 rings (SSSR count). The van der Waals surface area contributed by atoms with Crippen LogP contribution >= 0.6 is 0 Å². The molecule has 4 heteroatoms. The van der Waals surface area contributed by atoms with E-state index < -0.39 is 5.83 Å². The molecule has 0 heterocycles. The maximum Gasteiger partial charge on any atom is 0.193 e. The molecule has 0 radical (unpaired) electrons. The predicted octanol–water partition coefficient (Wildman–Crippen LogP) is 5.04. The van der Waals surface area contributed by atoms with Crippen LogP contribution in [0.15, 0.2) is 36.3 Å². The molecule has 1 aliphatic rings. The van der Waals surface area contributed by atoms with E-state index in [9.17, 15) is 8.78 Å². The second-order valence-corrected chi connectivity index (χ2v) is 5.21. The topological polar surface area (TPSA) is 18.5 Å². The zero-order valence-electron chi connectivity index (χ0n) is 12.3. The Kier molecular flexibility index (Phi) is 8.00. The van der Waals surface area contributed by atoms with E-state index in [0.29, 0.717) is 19.1 Å². The molecule has 0 unspecified atom stereocenters. The summed E-state index contributed by atoms with van der Waals surface area (Å²) in [5.41, 5.74) is 0. The Morgan fingerprint density at radius 1 is 1.25 bits per heavy atom. The van der Waals surface area contributed by atoms with Gasteiger partial charge in [0.25, 0.3) is 0 Å². The molecule has 0 spiro atoms. The van der Waals surface area contributed by atoms with Crippen molar-refractivity contribution < 1.29 is 18.3 Å². The molecule has 2 nitrogen and oxygen atoms in total. The summed E-state index contributed by atoms with van der Waals surface area (Å²) >= 11 is 0. The lowest BCUT2D eigenvalue weighted by molar-refractivity contribution is 0.129. The van der Waals surface area contributed by atoms with Gasteiger partial charge in [-0.2, -0.15) is 0 Å². The maximum absolute atomic E-state index is 13.3. The smallest absolute Gasteiger partial charge is 0.193 e. The fourth-order valence-corrected chi connectivity index (χ4v) is 2.23. The van der Waals surface area contributed by atoms with E-state index in [-0.39, 0.29) is 12.1 Å². The van der Waals surface area contributed by atoms with Crippen molar-refractivity contribution in [2.24, 2.45) is 11.8 Å². The van der Waals surface area contributed by atoms with Crippen LogP contribution in [0.1, 0.15) is 39.5 Å². The summed E-state index contributed by atoms with van der Waals surface area (Å²) in [4.78, 5) is 0. The van der Waals surface area contributed by atoms with Gasteiger partial charge in [0.05, 0.1) is 19.5 Å². The van der Waals surface area contributed by atoms with Crippen LogP contribution in [0.25, 0.3) is 0 Å². The van der Waals surface area contributed by atoms with Gasteiger partial charge in [0.1, 0.15) is 6.33 Å². The monoisotopic (exact) mass is 286 g/mol. The number of ether oxygens (including phenoxy) is 2. The molecule has 1 fully saturated rings. The van der Waals surface area contributed by atoms with Crippen molar-refractivity contribution >= 4 is 0 Å². The lowest BCUT2D eigenvalue weighted by Crippen LogP contribution is -2.17. The summed E-state index contributed by atoms with van der Waals surface area (Å²) in [6, 6.07) is 0. The molecular formula is C16H24F2O2. The van der Waals surface area contributed by atoms with E-state index in [4.69, 9.17) is 9.47 Å². The number of allylic oxidation sites excluding steroid dienone is 3. The minimum Gasteiger partial charge on any atom is -0.501 e. The first-order chi connectivity index (χ1) is 9.67. The van der Waals surface area contributed by atoms with Gasteiger partial charge in [-0.3, -0.25) is 0 Å². The highest BCUT2D eigenvalue weighted by atomic mass is 19.2. The van der Waals surface area contributed by atoms with Crippen LogP contribution in [-0.4, -0.2) is 13.2 Å². The van der Waals surface area contributed by atoms with Crippen LogP contribution in [-0.2, 0) is 9.47 Å². The van der Waals surface area contributed by atoms with Crippen molar-refractivity contribution in [3.8, 4) is 0 Å². The van der Waals surface area contributed by atoms with Gasteiger partial charge in [-0.15, -0.1) is 0 Å². The van der Waals surface area contributed by atoms with Crippen LogP contribution in [0.3, 0.4) is 0 Å².